The molecule has 0 aromatic heterocycles. The highest BCUT2D eigenvalue weighted by atomic mass is 15.2. The molecule has 2 fully saturated rings. The minimum Gasteiger partial charge on any atom is -0.310 e. The van der Waals surface area contributed by atoms with Gasteiger partial charge in [-0.3, -0.25) is 0 Å². The smallest absolute Gasteiger partial charge is 0.0991 e. The molecule has 0 spiro atoms. The number of nitrogens with zero attached hydrogens (tertiary/aromatic N) is 2. The number of nitriles is 1. The van der Waals surface area contributed by atoms with Crippen LogP contribution < -0.4 is 5.32 Å². The number of hydrogen-bond acceptors (Lipinski definition) is 3. The Labute approximate surface area is 108 Å². The molecule has 1 aromatic rings. The van der Waals surface area contributed by atoms with Crippen molar-refractivity contribution in [2.45, 2.75) is 25.4 Å². The molecule has 0 aliphatic carbocycles. The van der Waals surface area contributed by atoms with Gasteiger partial charge in [0, 0.05) is 19.1 Å². The highest BCUT2D eigenvalue weighted by molar-refractivity contribution is 5.32. The molecule has 2 aliphatic heterocycles. The fourth-order valence-corrected chi connectivity index (χ4v) is 3.22. The number of fused-ring (bicyclic) bond motifs is 2. The molecule has 18 heavy (non-hydrogen) atoms. The molecule has 2 saturated heterocycles. The van der Waals surface area contributed by atoms with Gasteiger partial charge in [-0.25, -0.2) is 0 Å². The minimum atomic E-state index is 0.662. The summed E-state index contributed by atoms with van der Waals surface area (Å²) in [6.45, 7) is 4.69. The zero-order valence-corrected chi connectivity index (χ0v) is 10.6. The van der Waals surface area contributed by atoms with Crippen LogP contribution in [0.15, 0.2) is 24.3 Å². The van der Waals surface area contributed by atoms with Gasteiger partial charge in [-0.2, -0.15) is 5.26 Å². The van der Waals surface area contributed by atoms with Crippen molar-refractivity contribution in [1.82, 2.24) is 10.2 Å². The maximum atomic E-state index is 8.89. The molecule has 0 saturated carbocycles. The summed E-state index contributed by atoms with van der Waals surface area (Å²) >= 11 is 0. The first-order valence-corrected chi connectivity index (χ1v) is 6.80. The predicted octanol–water partition coefficient (Wildman–Crippen LogP) is 1.74. The van der Waals surface area contributed by atoms with Crippen LogP contribution in [0.1, 0.15) is 24.0 Å². The van der Waals surface area contributed by atoms with E-state index in [1.165, 1.54) is 38.0 Å². The lowest BCUT2D eigenvalue weighted by atomic mass is 9.94. The van der Waals surface area contributed by atoms with Gasteiger partial charge in [0.15, 0.2) is 0 Å². The molecule has 3 atom stereocenters. The zero-order chi connectivity index (χ0) is 12.4. The van der Waals surface area contributed by atoms with E-state index in [1.54, 1.807) is 0 Å². The van der Waals surface area contributed by atoms with E-state index in [1.807, 2.05) is 18.2 Å². The average molecular weight is 241 g/mol. The van der Waals surface area contributed by atoms with Crippen LogP contribution in [0.3, 0.4) is 0 Å². The maximum absolute atomic E-state index is 8.89. The second kappa shape index (κ2) is 5.09. The van der Waals surface area contributed by atoms with Crippen LogP contribution in [0.5, 0.6) is 0 Å². The Morgan fingerprint density at radius 2 is 2.22 bits per heavy atom. The van der Waals surface area contributed by atoms with Crippen LogP contribution in [-0.2, 0) is 6.54 Å². The summed E-state index contributed by atoms with van der Waals surface area (Å²) in [5.41, 5.74) is 1.97. The zero-order valence-electron chi connectivity index (χ0n) is 10.6. The van der Waals surface area contributed by atoms with Crippen LogP contribution in [0, 0.1) is 17.2 Å². The quantitative estimate of drug-likeness (QED) is 0.876. The largest absolute Gasteiger partial charge is 0.310 e. The van der Waals surface area contributed by atoms with Gasteiger partial charge in [-0.05, 0) is 49.5 Å². The Balaban J connectivity index is 1.59. The Morgan fingerprint density at radius 1 is 1.33 bits per heavy atom. The molecule has 0 radical (unpaired) electrons. The highest BCUT2D eigenvalue weighted by Gasteiger charge is 2.33. The number of hydrogen-bond donors (Lipinski definition) is 1. The maximum Gasteiger partial charge on any atom is 0.0991 e. The van der Waals surface area contributed by atoms with E-state index in [2.05, 4.69) is 22.4 Å². The van der Waals surface area contributed by atoms with Gasteiger partial charge in [0.25, 0.3) is 0 Å². The third-order valence-electron chi connectivity index (χ3n) is 4.26. The van der Waals surface area contributed by atoms with E-state index in [0.717, 1.165) is 18.0 Å². The molecule has 94 valence electrons. The fourth-order valence-electron chi connectivity index (χ4n) is 3.22. The van der Waals surface area contributed by atoms with Gasteiger partial charge in [-0.15, -0.1) is 0 Å². The van der Waals surface area contributed by atoms with Gasteiger partial charge in [0.2, 0.25) is 0 Å². The molecule has 1 N–H and O–H groups in total. The number of rotatable bonds is 3. The standard InChI is InChI=1S/C15H19N3/c16-9-12-2-1-3-13(8-12)10-17-15-5-7-18-6-4-14(15)11-18/h1-3,8,14-15,17H,4-7,10-11H2. The van der Waals surface area contributed by atoms with Crippen LogP contribution >= 0.6 is 0 Å². The van der Waals surface area contributed by atoms with Gasteiger partial charge >= 0.3 is 0 Å². The summed E-state index contributed by atoms with van der Waals surface area (Å²) in [4.78, 5) is 2.57. The Bertz CT molecular complexity index is 463. The van der Waals surface area contributed by atoms with Crippen LogP contribution in [-0.4, -0.2) is 30.6 Å². The first-order valence-electron chi connectivity index (χ1n) is 6.80. The van der Waals surface area contributed by atoms with Crippen molar-refractivity contribution >= 4 is 0 Å². The monoisotopic (exact) mass is 241 g/mol. The van der Waals surface area contributed by atoms with E-state index in [0.29, 0.717) is 6.04 Å². The van der Waals surface area contributed by atoms with Crippen molar-refractivity contribution in [3.8, 4) is 6.07 Å². The molecule has 0 amide bonds. The molecule has 3 unspecified atom stereocenters. The van der Waals surface area contributed by atoms with Crippen LogP contribution in [0.2, 0.25) is 0 Å². The van der Waals surface area contributed by atoms with Crippen molar-refractivity contribution < 1.29 is 0 Å². The first kappa shape index (κ1) is 11.7. The molecule has 2 heterocycles. The van der Waals surface area contributed by atoms with Crippen LogP contribution in [0.4, 0.5) is 0 Å². The summed E-state index contributed by atoms with van der Waals surface area (Å²) in [6, 6.07) is 10.8. The summed E-state index contributed by atoms with van der Waals surface area (Å²) in [5, 5.41) is 12.6. The second-order valence-corrected chi connectivity index (χ2v) is 5.44. The molecule has 2 aliphatic rings. The van der Waals surface area contributed by atoms with E-state index >= 15 is 0 Å². The molecular weight excluding hydrogens is 222 g/mol. The van der Waals surface area contributed by atoms with Crippen molar-refractivity contribution in [2.75, 3.05) is 19.6 Å². The molecule has 3 nitrogen and oxygen atoms in total. The molecule has 3 heteroatoms. The van der Waals surface area contributed by atoms with Crippen molar-refractivity contribution in [3.05, 3.63) is 35.4 Å². The SMILES string of the molecule is N#Cc1cccc(CNC2CCN3CCC2C3)c1. The van der Waals surface area contributed by atoms with E-state index < -0.39 is 0 Å². The Morgan fingerprint density at radius 3 is 3.11 bits per heavy atom. The number of nitrogens with one attached hydrogen (secondary N) is 1. The lowest BCUT2D eigenvalue weighted by molar-refractivity contribution is 0.220. The lowest BCUT2D eigenvalue weighted by Gasteiger charge is -2.31. The van der Waals surface area contributed by atoms with Gasteiger partial charge in [0.1, 0.15) is 0 Å². The Kier molecular flexibility index (Phi) is 3.31. The summed E-state index contributed by atoms with van der Waals surface area (Å²) < 4.78 is 0. The normalized spacial score (nSPS) is 30.1. The average Bonchev–Trinajstić information content (AvgIpc) is 2.81. The van der Waals surface area contributed by atoms with Crippen molar-refractivity contribution in [2.24, 2.45) is 5.92 Å². The van der Waals surface area contributed by atoms with E-state index in [-0.39, 0.29) is 0 Å². The summed E-state index contributed by atoms with van der Waals surface area (Å²) in [6.07, 6.45) is 2.61. The molecule has 2 bridgehead atoms. The Hall–Kier alpha value is -1.37. The topological polar surface area (TPSA) is 39.1 Å². The molecule has 3 rings (SSSR count). The van der Waals surface area contributed by atoms with Crippen molar-refractivity contribution in [3.63, 3.8) is 0 Å². The molecular formula is C15H19N3. The fraction of sp³-hybridized carbons (Fsp3) is 0.533. The van der Waals surface area contributed by atoms with Crippen molar-refractivity contribution in [1.29, 1.82) is 5.26 Å². The third-order valence-corrected chi connectivity index (χ3v) is 4.26. The first-order chi connectivity index (χ1) is 8.85. The minimum absolute atomic E-state index is 0.662. The van der Waals surface area contributed by atoms with Gasteiger partial charge in [0.05, 0.1) is 11.6 Å². The third kappa shape index (κ3) is 2.40. The van der Waals surface area contributed by atoms with E-state index in [4.69, 9.17) is 5.26 Å². The van der Waals surface area contributed by atoms with Gasteiger partial charge < -0.3 is 10.2 Å². The predicted molar refractivity (Wildman–Crippen MR) is 70.9 cm³/mol. The van der Waals surface area contributed by atoms with Crippen LogP contribution in [0.25, 0.3) is 0 Å². The van der Waals surface area contributed by atoms with Gasteiger partial charge in [-0.1, -0.05) is 12.1 Å². The van der Waals surface area contributed by atoms with E-state index in [9.17, 15) is 0 Å². The highest BCUT2D eigenvalue weighted by Crippen LogP contribution is 2.27. The number of piperidine rings is 1. The molecule has 1 aromatic carbocycles. The lowest BCUT2D eigenvalue weighted by Crippen LogP contribution is -2.43. The summed E-state index contributed by atoms with van der Waals surface area (Å²) in [7, 11) is 0. The summed E-state index contributed by atoms with van der Waals surface area (Å²) in [5.74, 6) is 0.831. The second-order valence-electron chi connectivity index (χ2n) is 5.44. The number of benzene rings is 1.